The Bertz CT molecular complexity index is 1560. The minimum absolute atomic E-state index is 0.0261. The van der Waals surface area contributed by atoms with E-state index in [0.717, 1.165) is 22.3 Å². The highest BCUT2D eigenvalue weighted by Crippen LogP contribution is 2.43. The molecule has 6 heteroatoms. The van der Waals surface area contributed by atoms with Gasteiger partial charge in [-0.15, -0.1) is 0 Å². The lowest BCUT2D eigenvalue weighted by Gasteiger charge is -2.41. The lowest BCUT2D eigenvalue weighted by molar-refractivity contribution is -0.140. The largest absolute Gasteiger partial charge is 0.473 e. The Kier molecular flexibility index (Phi) is 9.50. The van der Waals surface area contributed by atoms with Gasteiger partial charge >= 0.3 is 5.97 Å². The van der Waals surface area contributed by atoms with E-state index < -0.39 is 5.60 Å². The van der Waals surface area contributed by atoms with Gasteiger partial charge in [-0.2, -0.15) is 0 Å². The van der Waals surface area contributed by atoms with Gasteiger partial charge in [0.2, 0.25) is 5.91 Å². The summed E-state index contributed by atoms with van der Waals surface area (Å²) in [5.41, 5.74) is 3.91. The number of rotatable bonds is 8. The van der Waals surface area contributed by atoms with Crippen molar-refractivity contribution < 1.29 is 23.5 Å². The Balaban J connectivity index is 0.000000584. The van der Waals surface area contributed by atoms with Crippen molar-refractivity contribution in [3.63, 3.8) is 0 Å². The van der Waals surface area contributed by atoms with Gasteiger partial charge in [0, 0.05) is 28.8 Å². The minimum Gasteiger partial charge on any atom is -0.473 e. The molecular weight excluding hydrogens is 553 g/mol. The first-order valence-corrected chi connectivity index (χ1v) is 14.6. The van der Waals surface area contributed by atoms with E-state index in [1.165, 1.54) is 19.2 Å². The van der Waals surface area contributed by atoms with Crippen LogP contribution in [0.15, 0.2) is 140 Å². The molecule has 1 fully saturated rings. The van der Waals surface area contributed by atoms with E-state index in [1.807, 2.05) is 78.9 Å². The molecule has 5 nitrogen and oxygen atoms in total. The van der Waals surface area contributed by atoms with Gasteiger partial charge in [0.05, 0.1) is 19.6 Å². The van der Waals surface area contributed by atoms with Gasteiger partial charge in [-0.3, -0.25) is 9.59 Å². The molecule has 5 aromatic rings. The summed E-state index contributed by atoms with van der Waals surface area (Å²) < 4.78 is 24.7. The minimum atomic E-state index is -0.863. The second kappa shape index (κ2) is 13.8. The van der Waals surface area contributed by atoms with Gasteiger partial charge in [-0.1, -0.05) is 110 Å². The van der Waals surface area contributed by atoms with Gasteiger partial charge in [0.1, 0.15) is 11.6 Å². The molecule has 0 radical (unpaired) electrons. The maximum absolute atomic E-state index is 13.4. The Morgan fingerprint density at radius 3 is 1.61 bits per heavy atom. The summed E-state index contributed by atoms with van der Waals surface area (Å²) in [4.78, 5) is 24.1. The zero-order chi connectivity index (χ0) is 30.9. The fourth-order valence-corrected chi connectivity index (χ4v) is 5.38. The van der Waals surface area contributed by atoms with Crippen LogP contribution in [-0.2, 0) is 19.9 Å². The highest BCUT2D eigenvalue weighted by molar-refractivity contribution is 6.01. The van der Waals surface area contributed by atoms with E-state index in [4.69, 9.17) is 4.74 Å². The molecule has 0 saturated carbocycles. The number of hydrogen-bond acceptors (Lipinski definition) is 4. The maximum Gasteiger partial charge on any atom is 0.305 e. The molecule has 1 heterocycles. The van der Waals surface area contributed by atoms with Gasteiger partial charge < -0.3 is 14.4 Å². The summed E-state index contributed by atoms with van der Waals surface area (Å²) >= 11 is 0. The zero-order valence-corrected chi connectivity index (χ0v) is 24.7. The molecule has 44 heavy (non-hydrogen) atoms. The topological polar surface area (TPSA) is 55.8 Å². The number of anilines is 1. The number of amides is 1. The molecule has 0 aromatic heterocycles. The Hall–Kier alpha value is -5.23. The second-order valence-electron chi connectivity index (χ2n) is 10.3. The average molecular weight is 588 g/mol. The fourth-order valence-electron chi connectivity index (χ4n) is 5.38. The van der Waals surface area contributed by atoms with Crippen molar-refractivity contribution in [2.45, 2.75) is 31.4 Å². The summed E-state index contributed by atoms with van der Waals surface area (Å²) in [7, 11) is 1.38. The van der Waals surface area contributed by atoms with Crippen LogP contribution in [0.25, 0.3) is 0 Å². The van der Waals surface area contributed by atoms with Crippen LogP contribution in [-0.4, -0.2) is 19.0 Å². The van der Waals surface area contributed by atoms with Gasteiger partial charge in [0.25, 0.3) is 0 Å². The number of carbonyl (C=O) groups excluding carboxylic acids is 2. The molecule has 0 spiro atoms. The molecule has 0 N–H and O–H groups in total. The predicted molar refractivity (Wildman–Crippen MR) is 170 cm³/mol. The molecule has 0 bridgehead atoms. The van der Waals surface area contributed by atoms with Crippen LogP contribution in [0, 0.1) is 5.82 Å². The molecule has 6 rings (SSSR count). The Morgan fingerprint density at radius 2 is 1.23 bits per heavy atom. The van der Waals surface area contributed by atoms with Crippen molar-refractivity contribution in [3.05, 3.63) is 168 Å². The van der Waals surface area contributed by atoms with E-state index in [2.05, 4.69) is 41.1 Å². The third-order valence-corrected chi connectivity index (χ3v) is 7.65. The van der Waals surface area contributed by atoms with E-state index in [1.54, 1.807) is 24.0 Å². The summed E-state index contributed by atoms with van der Waals surface area (Å²) in [6.45, 7) is 1.76. The first kappa shape index (κ1) is 30.2. The van der Waals surface area contributed by atoms with Crippen molar-refractivity contribution in [1.82, 2.24) is 0 Å². The van der Waals surface area contributed by atoms with Crippen LogP contribution < -0.4 is 9.64 Å². The van der Waals surface area contributed by atoms with Crippen molar-refractivity contribution in [3.8, 4) is 5.75 Å². The molecule has 5 aromatic carbocycles. The van der Waals surface area contributed by atoms with Crippen LogP contribution in [0.3, 0.4) is 0 Å². The van der Waals surface area contributed by atoms with Gasteiger partial charge in [-0.25, -0.2) is 4.39 Å². The highest BCUT2D eigenvalue weighted by Gasteiger charge is 2.40. The van der Waals surface area contributed by atoms with Crippen LogP contribution in [0.5, 0.6) is 5.75 Å². The second-order valence-corrected chi connectivity index (χ2v) is 10.3. The van der Waals surface area contributed by atoms with Crippen LogP contribution in [0.2, 0.25) is 0 Å². The molecule has 222 valence electrons. The highest BCUT2D eigenvalue weighted by atomic mass is 19.1. The lowest BCUT2D eigenvalue weighted by atomic mass is 9.80. The maximum atomic E-state index is 13.4. The van der Waals surface area contributed by atoms with E-state index in [-0.39, 0.29) is 23.7 Å². The summed E-state index contributed by atoms with van der Waals surface area (Å²) in [6, 6.07) is 44.6. The third kappa shape index (κ3) is 6.40. The van der Waals surface area contributed by atoms with Crippen molar-refractivity contribution in [2.75, 3.05) is 12.0 Å². The van der Waals surface area contributed by atoms with E-state index >= 15 is 0 Å². The number of methoxy groups -OCH3 is 1. The van der Waals surface area contributed by atoms with Gasteiger partial charge in [-0.05, 0) is 42.0 Å². The van der Waals surface area contributed by atoms with Crippen LogP contribution in [0.4, 0.5) is 10.1 Å². The molecule has 1 atom stereocenters. The number of nitrogens with zero attached hydrogens (tertiary/aromatic N) is 1. The Morgan fingerprint density at radius 1 is 0.750 bits per heavy atom. The SMILES string of the molecule is CCC(=O)OC.O=C1CC(c2ccc(OC(c3ccccc3)(c3ccccc3)c3ccccc3)cc2)N1c1ccc(F)cc1. The Labute approximate surface area is 257 Å². The molecule has 1 aliphatic rings. The van der Waals surface area contributed by atoms with Crippen LogP contribution in [0.1, 0.15) is 48.1 Å². The number of benzene rings is 5. The third-order valence-electron chi connectivity index (χ3n) is 7.65. The van der Waals surface area contributed by atoms with E-state index in [9.17, 15) is 14.0 Å². The zero-order valence-electron chi connectivity index (χ0n) is 24.7. The summed E-state index contributed by atoms with van der Waals surface area (Å²) in [5, 5.41) is 0. The molecular formula is C38H34FNO4. The normalized spacial score (nSPS) is 14.1. The lowest BCUT2D eigenvalue weighted by Crippen LogP contribution is -2.46. The monoisotopic (exact) mass is 587 g/mol. The molecule has 0 aliphatic carbocycles. The van der Waals surface area contributed by atoms with Crippen LogP contribution >= 0.6 is 0 Å². The fraction of sp³-hybridized carbons (Fsp3) is 0.158. The number of β-lactam (4-membered cyclic amide) rings is 1. The van der Waals surface area contributed by atoms with E-state index in [0.29, 0.717) is 24.3 Å². The summed E-state index contributed by atoms with van der Waals surface area (Å²) in [5.74, 6) is 0.260. The smallest absolute Gasteiger partial charge is 0.305 e. The molecule has 1 aliphatic heterocycles. The van der Waals surface area contributed by atoms with Crippen molar-refractivity contribution >= 4 is 17.6 Å². The molecule has 1 unspecified atom stereocenters. The first-order chi connectivity index (χ1) is 21.5. The number of hydrogen-bond donors (Lipinski definition) is 0. The standard InChI is InChI=1S/C34H26FNO2.C4H8O2/c35-29-18-20-30(21-19-29)36-32(24-33(36)37)25-16-22-31(23-17-25)38-34(26-10-4-1-5-11-26,27-12-6-2-7-13-27)28-14-8-3-9-15-28;1-3-4(5)6-2/h1-23,32H,24H2;3H2,1-2H3. The average Bonchev–Trinajstić information content (AvgIpc) is 3.08. The molecule has 1 amide bonds. The van der Waals surface area contributed by atoms with Gasteiger partial charge in [0.15, 0.2) is 5.60 Å². The first-order valence-electron chi connectivity index (χ1n) is 14.6. The number of esters is 1. The van der Waals surface area contributed by atoms with Crippen molar-refractivity contribution in [1.29, 1.82) is 0 Å². The number of ether oxygens (including phenoxy) is 2. The quantitative estimate of drug-likeness (QED) is 0.104. The molecule has 1 saturated heterocycles. The predicted octanol–water partition coefficient (Wildman–Crippen LogP) is 8.24. The number of halogens is 1. The van der Waals surface area contributed by atoms with Crippen molar-refractivity contribution in [2.24, 2.45) is 0 Å². The number of carbonyl (C=O) groups is 2. The summed E-state index contributed by atoms with van der Waals surface area (Å²) in [6.07, 6.45) is 0.885.